The number of H-pyrrole nitrogens is 1. The van der Waals surface area contributed by atoms with E-state index in [4.69, 9.17) is 11.6 Å². The number of fused-ring (bicyclic) bond motifs is 1. The molecule has 0 radical (unpaired) electrons. The summed E-state index contributed by atoms with van der Waals surface area (Å²) < 4.78 is 6.61. The molecule has 0 aliphatic heterocycles. The van der Waals surface area contributed by atoms with Crippen LogP contribution in [0.1, 0.15) is 17.2 Å². The van der Waals surface area contributed by atoms with Crippen molar-refractivity contribution in [3.8, 4) is 0 Å². The van der Waals surface area contributed by atoms with Crippen LogP contribution in [0.2, 0.25) is 5.02 Å². The summed E-state index contributed by atoms with van der Waals surface area (Å²) in [6.07, 6.45) is 4.84. The molecule has 8 heteroatoms. The minimum absolute atomic E-state index is 0.101. The molecular formula is C19H16ClN5O2. The van der Waals surface area contributed by atoms with Gasteiger partial charge in [-0.25, -0.2) is 14.8 Å². The van der Waals surface area contributed by atoms with Crippen molar-refractivity contribution in [3.05, 3.63) is 77.3 Å². The van der Waals surface area contributed by atoms with Crippen LogP contribution in [0.3, 0.4) is 0 Å². The molecule has 136 valence electrons. The van der Waals surface area contributed by atoms with Gasteiger partial charge in [0.1, 0.15) is 0 Å². The zero-order chi connectivity index (χ0) is 18.8. The molecule has 2 aromatic heterocycles. The van der Waals surface area contributed by atoms with Crippen molar-refractivity contribution in [2.45, 2.75) is 6.04 Å². The number of aromatic nitrogens is 4. The number of halogens is 1. The van der Waals surface area contributed by atoms with Gasteiger partial charge in [-0.05, 0) is 35.4 Å². The number of methoxy groups -OCH3 is 1. The number of carbonyl (C=O) groups excluding carboxylic acids is 1. The molecule has 0 aliphatic rings. The van der Waals surface area contributed by atoms with Crippen LogP contribution in [-0.4, -0.2) is 32.7 Å². The maximum absolute atomic E-state index is 11.4. The summed E-state index contributed by atoms with van der Waals surface area (Å²) in [6, 6.07) is 13.5. The normalized spacial score (nSPS) is 12.1. The molecule has 1 atom stereocenters. The van der Waals surface area contributed by atoms with Crippen molar-refractivity contribution < 1.29 is 9.53 Å². The van der Waals surface area contributed by atoms with Crippen LogP contribution in [0.15, 0.2) is 61.2 Å². The molecule has 0 saturated heterocycles. The Bertz CT molecular complexity index is 1090. The first-order valence-electron chi connectivity index (χ1n) is 8.21. The van der Waals surface area contributed by atoms with Gasteiger partial charge in [-0.3, -0.25) is 5.32 Å². The summed E-state index contributed by atoms with van der Waals surface area (Å²) in [7, 11) is 1.30. The monoisotopic (exact) mass is 381 g/mol. The SMILES string of the molecule is COC(=O)Nc1nc2ccc(C(c3cccc(Cl)c3)n3ccnc3)cc2[nH]1. The van der Waals surface area contributed by atoms with Crippen LogP contribution in [0.25, 0.3) is 11.0 Å². The summed E-state index contributed by atoms with van der Waals surface area (Å²) in [5.41, 5.74) is 3.59. The van der Waals surface area contributed by atoms with Gasteiger partial charge < -0.3 is 14.3 Å². The van der Waals surface area contributed by atoms with E-state index in [9.17, 15) is 4.79 Å². The number of imidazole rings is 2. The Kier molecular flexibility index (Phi) is 4.52. The Morgan fingerprint density at radius 1 is 1.26 bits per heavy atom. The summed E-state index contributed by atoms with van der Waals surface area (Å²) in [4.78, 5) is 23.0. The number of anilines is 1. The van der Waals surface area contributed by atoms with Crippen molar-refractivity contribution in [2.24, 2.45) is 0 Å². The van der Waals surface area contributed by atoms with Crippen LogP contribution in [-0.2, 0) is 4.74 Å². The van der Waals surface area contributed by atoms with Crippen LogP contribution in [0.5, 0.6) is 0 Å². The number of hydrogen-bond acceptors (Lipinski definition) is 4. The number of nitrogens with zero attached hydrogens (tertiary/aromatic N) is 3. The van der Waals surface area contributed by atoms with Gasteiger partial charge in [-0.2, -0.15) is 0 Å². The lowest BCUT2D eigenvalue weighted by atomic mass is 9.98. The second-order valence-corrected chi connectivity index (χ2v) is 6.38. The Morgan fingerprint density at radius 3 is 2.85 bits per heavy atom. The number of nitrogens with one attached hydrogen (secondary N) is 2. The maximum Gasteiger partial charge on any atom is 0.413 e. The molecule has 27 heavy (non-hydrogen) atoms. The fourth-order valence-electron chi connectivity index (χ4n) is 3.04. The highest BCUT2D eigenvalue weighted by Gasteiger charge is 2.18. The Balaban J connectivity index is 1.78. The quantitative estimate of drug-likeness (QED) is 0.554. The highest BCUT2D eigenvalue weighted by Crippen LogP contribution is 2.30. The van der Waals surface area contributed by atoms with Crippen LogP contribution >= 0.6 is 11.6 Å². The van der Waals surface area contributed by atoms with Gasteiger partial charge >= 0.3 is 6.09 Å². The molecule has 0 fully saturated rings. The highest BCUT2D eigenvalue weighted by atomic mass is 35.5. The first kappa shape index (κ1) is 17.1. The third kappa shape index (κ3) is 3.50. The number of aromatic amines is 1. The van der Waals surface area contributed by atoms with Crippen molar-refractivity contribution in [1.29, 1.82) is 0 Å². The van der Waals surface area contributed by atoms with E-state index >= 15 is 0 Å². The molecule has 2 N–H and O–H groups in total. The van der Waals surface area contributed by atoms with E-state index in [1.807, 2.05) is 53.2 Å². The van der Waals surface area contributed by atoms with Gasteiger partial charge in [0, 0.05) is 17.4 Å². The van der Waals surface area contributed by atoms with Crippen molar-refractivity contribution >= 4 is 34.7 Å². The first-order chi connectivity index (χ1) is 13.1. The summed E-state index contributed by atoms with van der Waals surface area (Å²) in [6.45, 7) is 0. The molecule has 2 aromatic carbocycles. The second-order valence-electron chi connectivity index (χ2n) is 5.95. The minimum Gasteiger partial charge on any atom is -0.453 e. The van der Waals surface area contributed by atoms with E-state index in [1.54, 1.807) is 12.5 Å². The fourth-order valence-corrected chi connectivity index (χ4v) is 3.24. The Hall–Kier alpha value is -3.32. The largest absolute Gasteiger partial charge is 0.453 e. The van der Waals surface area contributed by atoms with Crippen molar-refractivity contribution in [2.75, 3.05) is 12.4 Å². The van der Waals surface area contributed by atoms with Gasteiger partial charge in [0.25, 0.3) is 0 Å². The number of amides is 1. The molecule has 0 saturated carbocycles. The van der Waals surface area contributed by atoms with Gasteiger partial charge in [-0.1, -0.05) is 29.8 Å². The van der Waals surface area contributed by atoms with Gasteiger partial charge in [0.15, 0.2) is 0 Å². The van der Waals surface area contributed by atoms with E-state index in [1.165, 1.54) is 7.11 Å². The van der Waals surface area contributed by atoms with Gasteiger partial charge in [0.05, 0.1) is 30.5 Å². The standard InChI is InChI=1S/C19H16ClN5O2/c1-27-19(26)24-18-22-15-6-5-13(10-16(15)23-18)17(25-8-7-21-11-25)12-3-2-4-14(20)9-12/h2-11,17H,1H3,(H2,22,23,24,26). The van der Waals surface area contributed by atoms with E-state index in [2.05, 4.69) is 25.0 Å². The zero-order valence-electron chi connectivity index (χ0n) is 14.4. The highest BCUT2D eigenvalue weighted by molar-refractivity contribution is 6.30. The predicted molar refractivity (Wildman–Crippen MR) is 103 cm³/mol. The number of rotatable bonds is 4. The smallest absolute Gasteiger partial charge is 0.413 e. The lowest BCUT2D eigenvalue weighted by molar-refractivity contribution is 0.186. The van der Waals surface area contributed by atoms with Gasteiger partial charge in [-0.15, -0.1) is 0 Å². The van der Waals surface area contributed by atoms with Crippen LogP contribution in [0, 0.1) is 0 Å². The topological polar surface area (TPSA) is 84.8 Å². The maximum atomic E-state index is 11.4. The van der Waals surface area contributed by atoms with E-state index < -0.39 is 6.09 Å². The number of ether oxygens (including phenoxy) is 1. The lowest BCUT2D eigenvalue weighted by Crippen LogP contribution is -2.11. The zero-order valence-corrected chi connectivity index (χ0v) is 15.1. The first-order valence-corrected chi connectivity index (χ1v) is 8.59. The fraction of sp³-hybridized carbons (Fsp3) is 0.105. The third-order valence-corrected chi connectivity index (χ3v) is 4.45. The average Bonchev–Trinajstić information content (AvgIpc) is 3.31. The molecule has 4 rings (SSSR count). The van der Waals surface area contributed by atoms with E-state index in [-0.39, 0.29) is 6.04 Å². The Labute approximate surface area is 160 Å². The summed E-state index contributed by atoms with van der Waals surface area (Å²) in [5, 5.41) is 3.21. The predicted octanol–water partition coefficient (Wildman–Crippen LogP) is 4.23. The second kappa shape index (κ2) is 7.13. The number of hydrogen-bond donors (Lipinski definition) is 2. The van der Waals surface area contributed by atoms with E-state index in [0.29, 0.717) is 11.0 Å². The lowest BCUT2D eigenvalue weighted by Gasteiger charge is -2.20. The van der Waals surface area contributed by atoms with Crippen LogP contribution < -0.4 is 5.32 Å². The number of benzene rings is 2. The molecule has 0 spiro atoms. The Morgan fingerprint density at radius 2 is 2.11 bits per heavy atom. The van der Waals surface area contributed by atoms with E-state index in [0.717, 1.165) is 22.2 Å². The molecule has 1 amide bonds. The summed E-state index contributed by atoms with van der Waals surface area (Å²) >= 11 is 6.21. The van der Waals surface area contributed by atoms with Crippen LogP contribution in [0.4, 0.5) is 10.7 Å². The van der Waals surface area contributed by atoms with Crippen molar-refractivity contribution in [1.82, 2.24) is 19.5 Å². The third-order valence-electron chi connectivity index (χ3n) is 4.21. The molecule has 0 bridgehead atoms. The average molecular weight is 382 g/mol. The molecular weight excluding hydrogens is 366 g/mol. The van der Waals surface area contributed by atoms with Gasteiger partial charge in [0.2, 0.25) is 5.95 Å². The minimum atomic E-state index is -0.579. The molecule has 0 aliphatic carbocycles. The summed E-state index contributed by atoms with van der Waals surface area (Å²) in [5.74, 6) is 0.330. The molecule has 4 aromatic rings. The number of carbonyl (C=O) groups is 1. The molecule has 7 nitrogen and oxygen atoms in total. The molecule has 1 unspecified atom stereocenters. The molecule has 2 heterocycles. The van der Waals surface area contributed by atoms with Crippen molar-refractivity contribution in [3.63, 3.8) is 0 Å².